The van der Waals surface area contributed by atoms with Crippen LogP contribution in [0.2, 0.25) is 0 Å². The number of carbonyl (C=O) groups excluding carboxylic acids is 1. The summed E-state index contributed by atoms with van der Waals surface area (Å²) in [5, 5.41) is 2.55. The predicted octanol–water partition coefficient (Wildman–Crippen LogP) is 2.34. The second kappa shape index (κ2) is 7.85. The Bertz CT molecular complexity index is 396. The number of hydrogen-bond acceptors (Lipinski definition) is 3. The second-order valence-corrected chi connectivity index (χ2v) is 3.52. The summed E-state index contributed by atoms with van der Waals surface area (Å²) in [5.41, 5.74) is 5.68. The Balaban J connectivity index is 0.00000324. The number of benzene rings is 1. The summed E-state index contributed by atoms with van der Waals surface area (Å²) in [4.78, 5) is 11.2. The minimum atomic E-state index is -4.37. The van der Waals surface area contributed by atoms with Crippen molar-refractivity contribution in [2.75, 3.05) is 18.5 Å². The van der Waals surface area contributed by atoms with Gasteiger partial charge in [0.15, 0.2) is 6.61 Å². The maximum absolute atomic E-state index is 11.9. The van der Waals surface area contributed by atoms with Crippen molar-refractivity contribution in [1.29, 1.82) is 0 Å². The molecule has 4 nitrogen and oxygen atoms in total. The zero-order valence-electron chi connectivity index (χ0n) is 9.87. The third-order valence-corrected chi connectivity index (χ3v) is 1.91. The molecular formula is C11H14ClF3N2O2. The van der Waals surface area contributed by atoms with Gasteiger partial charge in [-0.3, -0.25) is 4.79 Å². The highest BCUT2D eigenvalue weighted by atomic mass is 35.5. The average Bonchev–Trinajstić information content (AvgIpc) is 2.27. The van der Waals surface area contributed by atoms with Gasteiger partial charge in [-0.15, -0.1) is 12.4 Å². The van der Waals surface area contributed by atoms with Gasteiger partial charge in [0.05, 0.1) is 0 Å². The number of carbonyl (C=O) groups is 1. The first-order valence-corrected chi connectivity index (χ1v) is 5.20. The van der Waals surface area contributed by atoms with E-state index in [1.165, 1.54) is 24.3 Å². The molecule has 3 N–H and O–H groups in total. The van der Waals surface area contributed by atoms with Gasteiger partial charge in [0.2, 0.25) is 5.91 Å². The Morgan fingerprint density at radius 2 is 1.84 bits per heavy atom. The third kappa shape index (κ3) is 7.53. The van der Waals surface area contributed by atoms with Crippen LogP contribution in [0.1, 0.15) is 6.42 Å². The molecule has 1 aromatic rings. The number of alkyl halides is 3. The maximum atomic E-state index is 11.9. The summed E-state index contributed by atoms with van der Waals surface area (Å²) in [6.07, 6.45) is -4.18. The number of anilines is 1. The largest absolute Gasteiger partial charge is 0.484 e. The van der Waals surface area contributed by atoms with Crippen molar-refractivity contribution in [1.82, 2.24) is 0 Å². The zero-order chi connectivity index (χ0) is 13.6. The first-order valence-electron chi connectivity index (χ1n) is 5.20. The van der Waals surface area contributed by atoms with Crippen molar-refractivity contribution in [3.05, 3.63) is 24.3 Å². The van der Waals surface area contributed by atoms with Crippen LogP contribution < -0.4 is 15.8 Å². The van der Waals surface area contributed by atoms with Crippen LogP contribution in [0.4, 0.5) is 18.9 Å². The average molecular weight is 299 g/mol. The second-order valence-electron chi connectivity index (χ2n) is 3.52. The molecule has 0 saturated heterocycles. The van der Waals surface area contributed by atoms with E-state index in [2.05, 4.69) is 10.1 Å². The highest BCUT2D eigenvalue weighted by molar-refractivity contribution is 5.90. The Morgan fingerprint density at radius 3 is 2.32 bits per heavy atom. The SMILES string of the molecule is Cl.NCCC(=O)Nc1ccc(OCC(F)(F)F)cc1. The molecule has 0 aromatic heterocycles. The lowest BCUT2D eigenvalue weighted by Crippen LogP contribution is -2.19. The smallest absolute Gasteiger partial charge is 0.422 e. The first kappa shape index (κ1) is 17.5. The van der Waals surface area contributed by atoms with Crippen molar-refractivity contribution < 1.29 is 22.7 Å². The molecule has 8 heteroatoms. The summed E-state index contributed by atoms with van der Waals surface area (Å²) in [6.45, 7) is -1.11. The van der Waals surface area contributed by atoms with Crippen LogP contribution in [-0.4, -0.2) is 25.2 Å². The molecule has 0 saturated carbocycles. The number of nitrogens with one attached hydrogen (secondary N) is 1. The molecule has 0 aliphatic carbocycles. The minimum absolute atomic E-state index is 0. The molecule has 0 radical (unpaired) electrons. The van der Waals surface area contributed by atoms with E-state index in [0.29, 0.717) is 5.69 Å². The number of rotatable bonds is 5. The molecular weight excluding hydrogens is 285 g/mol. The summed E-state index contributed by atoms with van der Waals surface area (Å²) < 4.78 is 40.2. The van der Waals surface area contributed by atoms with Gasteiger partial charge in [0.25, 0.3) is 0 Å². The maximum Gasteiger partial charge on any atom is 0.422 e. The summed E-state index contributed by atoms with van der Waals surface area (Å²) >= 11 is 0. The van der Waals surface area contributed by atoms with Crippen molar-refractivity contribution >= 4 is 24.0 Å². The molecule has 0 spiro atoms. The van der Waals surface area contributed by atoms with E-state index in [9.17, 15) is 18.0 Å². The van der Waals surface area contributed by atoms with E-state index < -0.39 is 12.8 Å². The van der Waals surface area contributed by atoms with E-state index in [1.54, 1.807) is 0 Å². The summed E-state index contributed by atoms with van der Waals surface area (Å²) in [7, 11) is 0. The summed E-state index contributed by atoms with van der Waals surface area (Å²) in [6, 6.07) is 5.62. The Kier molecular flexibility index (Phi) is 7.25. The van der Waals surface area contributed by atoms with Gasteiger partial charge in [-0.1, -0.05) is 0 Å². The zero-order valence-corrected chi connectivity index (χ0v) is 10.7. The monoisotopic (exact) mass is 298 g/mol. The van der Waals surface area contributed by atoms with Crippen molar-refractivity contribution in [3.8, 4) is 5.75 Å². The minimum Gasteiger partial charge on any atom is -0.484 e. The topological polar surface area (TPSA) is 64.4 Å². The highest BCUT2D eigenvalue weighted by Gasteiger charge is 2.28. The van der Waals surface area contributed by atoms with Crippen molar-refractivity contribution in [2.45, 2.75) is 12.6 Å². The number of amides is 1. The predicted molar refractivity (Wildman–Crippen MR) is 67.5 cm³/mol. The molecule has 0 fully saturated rings. The van der Waals surface area contributed by atoms with E-state index in [-0.39, 0.29) is 37.0 Å². The molecule has 0 aliphatic heterocycles. The van der Waals surface area contributed by atoms with Crippen LogP contribution in [0.5, 0.6) is 5.75 Å². The van der Waals surface area contributed by atoms with Gasteiger partial charge in [0, 0.05) is 18.7 Å². The van der Waals surface area contributed by atoms with E-state index in [4.69, 9.17) is 5.73 Å². The van der Waals surface area contributed by atoms with Crippen LogP contribution in [0.15, 0.2) is 24.3 Å². The van der Waals surface area contributed by atoms with Crippen LogP contribution >= 0.6 is 12.4 Å². The Hall–Kier alpha value is -1.47. The van der Waals surface area contributed by atoms with Crippen LogP contribution in [-0.2, 0) is 4.79 Å². The third-order valence-electron chi connectivity index (χ3n) is 1.91. The van der Waals surface area contributed by atoms with Crippen LogP contribution in [0.25, 0.3) is 0 Å². The standard InChI is InChI=1S/C11H13F3N2O2.ClH/c12-11(13,14)7-18-9-3-1-8(2-4-9)16-10(17)5-6-15;/h1-4H,5-7,15H2,(H,16,17);1H. The molecule has 0 heterocycles. The first-order chi connectivity index (χ1) is 8.40. The number of hydrogen-bond donors (Lipinski definition) is 2. The van der Waals surface area contributed by atoms with Gasteiger partial charge >= 0.3 is 6.18 Å². The van der Waals surface area contributed by atoms with Gasteiger partial charge in [0.1, 0.15) is 5.75 Å². The van der Waals surface area contributed by atoms with Crippen LogP contribution in [0.3, 0.4) is 0 Å². The molecule has 1 amide bonds. The number of nitrogens with two attached hydrogens (primary N) is 1. The molecule has 0 unspecified atom stereocenters. The van der Waals surface area contributed by atoms with Gasteiger partial charge in [-0.25, -0.2) is 0 Å². The molecule has 1 aromatic carbocycles. The molecule has 1 rings (SSSR count). The molecule has 108 valence electrons. The van der Waals surface area contributed by atoms with E-state index in [1.807, 2.05) is 0 Å². The lowest BCUT2D eigenvalue weighted by molar-refractivity contribution is -0.153. The van der Waals surface area contributed by atoms with Crippen LogP contribution in [0, 0.1) is 0 Å². The molecule has 0 atom stereocenters. The fourth-order valence-electron chi connectivity index (χ4n) is 1.15. The summed E-state index contributed by atoms with van der Waals surface area (Å²) in [5.74, 6) is -0.161. The quantitative estimate of drug-likeness (QED) is 0.877. The fraction of sp³-hybridized carbons (Fsp3) is 0.364. The van der Waals surface area contributed by atoms with E-state index in [0.717, 1.165) is 0 Å². The Morgan fingerprint density at radius 1 is 1.26 bits per heavy atom. The highest BCUT2D eigenvalue weighted by Crippen LogP contribution is 2.20. The van der Waals surface area contributed by atoms with Gasteiger partial charge in [-0.05, 0) is 24.3 Å². The van der Waals surface area contributed by atoms with Gasteiger partial charge < -0.3 is 15.8 Å². The van der Waals surface area contributed by atoms with Gasteiger partial charge in [-0.2, -0.15) is 13.2 Å². The molecule has 0 bridgehead atoms. The molecule has 19 heavy (non-hydrogen) atoms. The lowest BCUT2D eigenvalue weighted by Gasteiger charge is -2.10. The number of ether oxygens (including phenoxy) is 1. The van der Waals surface area contributed by atoms with Crippen molar-refractivity contribution in [2.24, 2.45) is 5.73 Å². The normalized spacial score (nSPS) is 10.5. The molecule has 0 aliphatic rings. The number of halogens is 4. The fourth-order valence-corrected chi connectivity index (χ4v) is 1.15. The van der Waals surface area contributed by atoms with Crippen molar-refractivity contribution in [3.63, 3.8) is 0 Å². The van der Waals surface area contributed by atoms with E-state index >= 15 is 0 Å². The Labute approximate surface area is 114 Å². The lowest BCUT2D eigenvalue weighted by atomic mass is 10.3.